The lowest BCUT2D eigenvalue weighted by molar-refractivity contribution is -0.121. The number of carbonyl (C=O) groups excluding carboxylic acids is 2. The predicted octanol–water partition coefficient (Wildman–Crippen LogP) is 1.36. The molecule has 0 aromatic heterocycles. The molecular formula is C18H26N4O2. The lowest BCUT2D eigenvalue weighted by Crippen LogP contribution is -2.35. The van der Waals surface area contributed by atoms with Crippen molar-refractivity contribution in [2.45, 2.75) is 26.2 Å². The van der Waals surface area contributed by atoms with Gasteiger partial charge in [0.15, 0.2) is 0 Å². The van der Waals surface area contributed by atoms with E-state index in [1.807, 2.05) is 17.0 Å². The summed E-state index contributed by atoms with van der Waals surface area (Å²) in [4.78, 5) is 28.0. The SMILES string of the molecule is Cc1cc(NC(=O)CN2CCNC(=O)CC2)ccc1N1CCCC1. The number of nitrogens with zero attached hydrogens (tertiary/aromatic N) is 2. The smallest absolute Gasteiger partial charge is 0.238 e. The minimum absolute atomic E-state index is 0.0299. The molecule has 0 spiro atoms. The van der Waals surface area contributed by atoms with Gasteiger partial charge in [-0.3, -0.25) is 14.5 Å². The number of carbonyl (C=O) groups is 2. The van der Waals surface area contributed by atoms with Crippen LogP contribution in [0.2, 0.25) is 0 Å². The van der Waals surface area contributed by atoms with Crippen molar-refractivity contribution < 1.29 is 9.59 Å². The zero-order chi connectivity index (χ0) is 16.9. The molecule has 1 aromatic carbocycles. The molecule has 6 heteroatoms. The van der Waals surface area contributed by atoms with Crippen molar-refractivity contribution in [3.63, 3.8) is 0 Å². The van der Waals surface area contributed by atoms with E-state index in [0.717, 1.165) is 18.8 Å². The highest BCUT2D eigenvalue weighted by atomic mass is 16.2. The Balaban J connectivity index is 1.56. The Hall–Kier alpha value is -2.08. The van der Waals surface area contributed by atoms with Crippen LogP contribution in [0.3, 0.4) is 0 Å². The maximum Gasteiger partial charge on any atom is 0.238 e. The Morgan fingerprint density at radius 1 is 1.21 bits per heavy atom. The third-order valence-corrected chi connectivity index (χ3v) is 4.70. The molecule has 2 fully saturated rings. The van der Waals surface area contributed by atoms with Crippen LogP contribution in [-0.4, -0.2) is 56.0 Å². The predicted molar refractivity (Wildman–Crippen MR) is 95.3 cm³/mol. The highest BCUT2D eigenvalue weighted by Crippen LogP contribution is 2.26. The van der Waals surface area contributed by atoms with Gasteiger partial charge in [0.2, 0.25) is 11.8 Å². The lowest BCUT2D eigenvalue weighted by Gasteiger charge is -2.21. The van der Waals surface area contributed by atoms with Crippen LogP contribution in [0.1, 0.15) is 24.8 Å². The normalized spacial score (nSPS) is 19.0. The molecule has 2 heterocycles. The Labute approximate surface area is 143 Å². The van der Waals surface area contributed by atoms with Gasteiger partial charge in [-0.2, -0.15) is 0 Å². The van der Waals surface area contributed by atoms with Crippen LogP contribution in [0.4, 0.5) is 11.4 Å². The molecule has 2 amide bonds. The Bertz CT molecular complexity index is 611. The van der Waals surface area contributed by atoms with Gasteiger partial charge in [-0.05, 0) is 43.5 Å². The van der Waals surface area contributed by atoms with Gasteiger partial charge in [-0.15, -0.1) is 0 Å². The molecule has 0 unspecified atom stereocenters. The van der Waals surface area contributed by atoms with Crippen molar-refractivity contribution in [1.82, 2.24) is 10.2 Å². The average molecular weight is 330 g/mol. The van der Waals surface area contributed by atoms with Crippen LogP contribution in [0.5, 0.6) is 0 Å². The fourth-order valence-corrected chi connectivity index (χ4v) is 3.42. The van der Waals surface area contributed by atoms with E-state index in [1.54, 1.807) is 0 Å². The number of hydrogen-bond acceptors (Lipinski definition) is 4. The minimum atomic E-state index is -0.0299. The molecule has 1 aromatic rings. The van der Waals surface area contributed by atoms with Gasteiger partial charge < -0.3 is 15.5 Å². The number of anilines is 2. The average Bonchev–Trinajstić information content (AvgIpc) is 2.99. The van der Waals surface area contributed by atoms with Crippen molar-refractivity contribution in [3.8, 4) is 0 Å². The topological polar surface area (TPSA) is 64.7 Å². The van der Waals surface area contributed by atoms with Gasteiger partial charge in [0, 0.05) is 50.5 Å². The molecule has 24 heavy (non-hydrogen) atoms. The lowest BCUT2D eigenvalue weighted by atomic mass is 10.1. The summed E-state index contributed by atoms with van der Waals surface area (Å²) in [5, 5.41) is 5.80. The van der Waals surface area contributed by atoms with Crippen LogP contribution in [0, 0.1) is 6.92 Å². The van der Waals surface area contributed by atoms with Gasteiger partial charge in [0.25, 0.3) is 0 Å². The summed E-state index contributed by atoms with van der Waals surface area (Å²) >= 11 is 0. The second-order valence-electron chi connectivity index (χ2n) is 6.62. The van der Waals surface area contributed by atoms with Crippen molar-refractivity contribution in [1.29, 1.82) is 0 Å². The molecular weight excluding hydrogens is 304 g/mol. The minimum Gasteiger partial charge on any atom is -0.371 e. The quantitative estimate of drug-likeness (QED) is 0.875. The van der Waals surface area contributed by atoms with E-state index >= 15 is 0 Å². The first-order valence-corrected chi connectivity index (χ1v) is 8.76. The standard InChI is InChI=1S/C18H26N4O2/c1-14-12-15(4-5-16(14)22-8-2-3-9-22)20-18(24)13-21-10-6-17(23)19-7-11-21/h4-5,12H,2-3,6-11,13H2,1H3,(H,19,23)(H,20,24). The summed E-state index contributed by atoms with van der Waals surface area (Å²) in [7, 11) is 0. The van der Waals surface area contributed by atoms with E-state index in [2.05, 4.69) is 28.5 Å². The van der Waals surface area contributed by atoms with Gasteiger partial charge >= 0.3 is 0 Å². The molecule has 130 valence electrons. The maximum atomic E-state index is 12.3. The van der Waals surface area contributed by atoms with Crippen molar-refractivity contribution >= 4 is 23.2 Å². The van der Waals surface area contributed by atoms with Crippen molar-refractivity contribution in [2.75, 3.05) is 49.5 Å². The molecule has 2 N–H and O–H groups in total. The zero-order valence-electron chi connectivity index (χ0n) is 14.3. The summed E-state index contributed by atoms with van der Waals surface area (Å²) in [6, 6.07) is 6.12. The fourth-order valence-electron chi connectivity index (χ4n) is 3.42. The van der Waals surface area contributed by atoms with Crippen LogP contribution in [-0.2, 0) is 9.59 Å². The number of aryl methyl sites for hydroxylation is 1. The third kappa shape index (κ3) is 4.26. The summed E-state index contributed by atoms with van der Waals surface area (Å²) in [5.41, 5.74) is 3.30. The van der Waals surface area contributed by atoms with E-state index in [-0.39, 0.29) is 11.8 Å². The molecule has 3 rings (SSSR count). The van der Waals surface area contributed by atoms with Gasteiger partial charge in [-0.25, -0.2) is 0 Å². The summed E-state index contributed by atoms with van der Waals surface area (Å²) in [6.07, 6.45) is 2.97. The molecule has 0 saturated carbocycles. The third-order valence-electron chi connectivity index (χ3n) is 4.70. The molecule has 2 aliphatic rings. The van der Waals surface area contributed by atoms with Gasteiger partial charge in [0.05, 0.1) is 6.54 Å². The first-order valence-electron chi connectivity index (χ1n) is 8.76. The summed E-state index contributed by atoms with van der Waals surface area (Å²) in [5.74, 6) is 0.0312. The molecule has 0 aliphatic carbocycles. The van der Waals surface area contributed by atoms with Crippen LogP contribution >= 0.6 is 0 Å². The second-order valence-corrected chi connectivity index (χ2v) is 6.62. The summed E-state index contributed by atoms with van der Waals surface area (Å²) in [6.45, 7) is 6.60. The highest BCUT2D eigenvalue weighted by Gasteiger charge is 2.17. The van der Waals surface area contributed by atoms with E-state index < -0.39 is 0 Å². The number of nitrogens with one attached hydrogen (secondary N) is 2. The zero-order valence-corrected chi connectivity index (χ0v) is 14.3. The fraction of sp³-hybridized carbons (Fsp3) is 0.556. The number of benzene rings is 1. The molecule has 6 nitrogen and oxygen atoms in total. The van der Waals surface area contributed by atoms with Gasteiger partial charge in [-0.1, -0.05) is 0 Å². The molecule has 2 aliphatic heterocycles. The largest absolute Gasteiger partial charge is 0.371 e. The van der Waals surface area contributed by atoms with E-state index in [4.69, 9.17) is 0 Å². The molecule has 0 atom stereocenters. The molecule has 2 saturated heterocycles. The number of rotatable bonds is 4. The monoisotopic (exact) mass is 330 g/mol. The first-order chi connectivity index (χ1) is 11.6. The molecule has 0 bridgehead atoms. The number of amides is 2. The van der Waals surface area contributed by atoms with Gasteiger partial charge in [0.1, 0.15) is 0 Å². The summed E-state index contributed by atoms with van der Waals surface area (Å²) < 4.78 is 0. The highest BCUT2D eigenvalue weighted by molar-refractivity contribution is 5.92. The van der Waals surface area contributed by atoms with E-state index in [0.29, 0.717) is 32.6 Å². The van der Waals surface area contributed by atoms with Crippen molar-refractivity contribution in [3.05, 3.63) is 23.8 Å². The van der Waals surface area contributed by atoms with Crippen LogP contribution in [0.15, 0.2) is 18.2 Å². The maximum absolute atomic E-state index is 12.3. The molecule has 0 radical (unpaired) electrons. The Morgan fingerprint density at radius 2 is 2.00 bits per heavy atom. The number of hydrogen-bond donors (Lipinski definition) is 2. The van der Waals surface area contributed by atoms with E-state index in [1.165, 1.54) is 24.1 Å². The van der Waals surface area contributed by atoms with Crippen molar-refractivity contribution in [2.24, 2.45) is 0 Å². The Morgan fingerprint density at radius 3 is 2.75 bits per heavy atom. The second kappa shape index (κ2) is 7.66. The van der Waals surface area contributed by atoms with Crippen LogP contribution in [0.25, 0.3) is 0 Å². The Kier molecular flexibility index (Phi) is 5.35. The van der Waals surface area contributed by atoms with E-state index in [9.17, 15) is 9.59 Å². The first kappa shape index (κ1) is 16.8. The van der Waals surface area contributed by atoms with Crippen LogP contribution < -0.4 is 15.5 Å².